The van der Waals surface area contributed by atoms with Crippen molar-refractivity contribution in [1.82, 2.24) is 0 Å². The molecule has 0 spiro atoms. The third kappa shape index (κ3) is 3.21. The van der Waals surface area contributed by atoms with Crippen molar-refractivity contribution in [3.63, 3.8) is 0 Å². The molecule has 3 nitrogen and oxygen atoms in total. The molecule has 0 bridgehead atoms. The first kappa shape index (κ1) is 17.8. The van der Waals surface area contributed by atoms with Gasteiger partial charge in [-0.15, -0.1) is 0 Å². The molecule has 0 heterocycles. The average Bonchev–Trinajstić information content (AvgIpc) is 2.67. The van der Waals surface area contributed by atoms with Crippen molar-refractivity contribution in [2.75, 3.05) is 12.4 Å². The first-order valence-electron chi connectivity index (χ1n) is 8.00. The van der Waals surface area contributed by atoms with E-state index in [9.17, 15) is 13.6 Å². The van der Waals surface area contributed by atoms with Gasteiger partial charge in [-0.05, 0) is 23.3 Å². The average molecular weight is 353 g/mol. The summed E-state index contributed by atoms with van der Waals surface area (Å²) < 4.78 is 32.8. The lowest BCUT2D eigenvalue weighted by Gasteiger charge is -2.32. The van der Waals surface area contributed by atoms with Crippen LogP contribution < -0.4 is 5.32 Å². The Balaban J connectivity index is 2.10. The van der Waals surface area contributed by atoms with Gasteiger partial charge in [-0.3, -0.25) is 4.79 Å². The van der Waals surface area contributed by atoms with E-state index < -0.39 is 23.1 Å². The van der Waals surface area contributed by atoms with E-state index >= 15 is 0 Å². The van der Waals surface area contributed by atoms with Gasteiger partial charge < -0.3 is 10.1 Å². The third-order valence-electron chi connectivity index (χ3n) is 4.17. The molecule has 1 amide bonds. The molecular weight excluding hydrogens is 336 g/mol. The van der Waals surface area contributed by atoms with Crippen molar-refractivity contribution in [2.24, 2.45) is 0 Å². The van der Waals surface area contributed by atoms with Crippen LogP contribution in [0.5, 0.6) is 0 Å². The van der Waals surface area contributed by atoms with Gasteiger partial charge in [0.15, 0.2) is 5.60 Å². The summed E-state index contributed by atoms with van der Waals surface area (Å²) in [5, 5.41) is 2.52. The van der Waals surface area contributed by atoms with Crippen LogP contribution in [0, 0.1) is 11.6 Å². The molecule has 26 heavy (non-hydrogen) atoms. The standard InChI is InChI=1S/C21H17F2NO2/c1-26-21(15-8-4-2-5-9-15,16-10-6-3-7-11-16)20(25)24-19-13-12-17(22)14-18(19)23/h2-14H,1H3,(H,24,25). The lowest BCUT2D eigenvalue weighted by molar-refractivity contribution is -0.134. The predicted molar refractivity (Wildman–Crippen MR) is 95.7 cm³/mol. The number of benzene rings is 3. The molecule has 0 saturated heterocycles. The van der Waals surface area contributed by atoms with Crippen molar-refractivity contribution in [3.05, 3.63) is 102 Å². The van der Waals surface area contributed by atoms with E-state index in [1.165, 1.54) is 13.2 Å². The first-order valence-corrected chi connectivity index (χ1v) is 8.00. The number of nitrogens with one attached hydrogen (secondary N) is 1. The molecule has 0 fully saturated rings. The molecular formula is C21H17F2NO2. The van der Waals surface area contributed by atoms with E-state index in [4.69, 9.17) is 4.74 Å². The molecule has 0 aliphatic rings. The van der Waals surface area contributed by atoms with Crippen LogP contribution in [0.4, 0.5) is 14.5 Å². The van der Waals surface area contributed by atoms with Crippen LogP contribution in [-0.4, -0.2) is 13.0 Å². The second kappa shape index (κ2) is 7.45. The van der Waals surface area contributed by atoms with Crippen LogP contribution in [0.15, 0.2) is 78.9 Å². The lowest BCUT2D eigenvalue weighted by atomic mass is 9.85. The van der Waals surface area contributed by atoms with Crippen LogP contribution in [-0.2, 0) is 15.1 Å². The SMILES string of the molecule is COC(C(=O)Nc1ccc(F)cc1F)(c1ccccc1)c1ccccc1. The maximum Gasteiger partial charge on any atom is 0.266 e. The number of hydrogen-bond donors (Lipinski definition) is 1. The third-order valence-corrected chi connectivity index (χ3v) is 4.17. The molecule has 0 aliphatic heterocycles. The molecule has 0 unspecified atom stereocenters. The van der Waals surface area contributed by atoms with Gasteiger partial charge in [-0.2, -0.15) is 0 Å². The number of halogens is 2. The fraction of sp³-hybridized carbons (Fsp3) is 0.0952. The zero-order chi connectivity index (χ0) is 18.6. The van der Waals surface area contributed by atoms with Gasteiger partial charge in [0.25, 0.3) is 5.91 Å². The minimum atomic E-state index is -1.48. The number of amides is 1. The van der Waals surface area contributed by atoms with Gasteiger partial charge in [0, 0.05) is 13.2 Å². The zero-order valence-electron chi connectivity index (χ0n) is 14.1. The topological polar surface area (TPSA) is 38.3 Å². The highest BCUT2D eigenvalue weighted by atomic mass is 19.1. The van der Waals surface area contributed by atoms with Crippen LogP contribution >= 0.6 is 0 Å². The van der Waals surface area contributed by atoms with Gasteiger partial charge in [0.05, 0.1) is 5.69 Å². The van der Waals surface area contributed by atoms with Crippen molar-refractivity contribution < 1.29 is 18.3 Å². The molecule has 0 atom stereocenters. The van der Waals surface area contributed by atoms with E-state index in [0.717, 1.165) is 12.1 Å². The monoisotopic (exact) mass is 353 g/mol. The Morgan fingerprint density at radius 1 is 0.885 bits per heavy atom. The minimum Gasteiger partial charge on any atom is -0.359 e. The normalized spacial score (nSPS) is 11.2. The summed E-state index contributed by atoms with van der Waals surface area (Å²) in [6.07, 6.45) is 0. The van der Waals surface area contributed by atoms with Crippen LogP contribution in [0.3, 0.4) is 0 Å². The smallest absolute Gasteiger partial charge is 0.266 e. The number of anilines is 1. The minimum absolute atomic E-state index is 0.121. The van der Waals surface area contributed by atoms with E-state index in [1.54, 1.807) is 48.5 Å². The summed E-state index contributed by atoms with van der Waals surface area (Å²) in [4.78, 5) is 13.2. The Hall–Kier alpha value is -3.05. The second-order valence-corrected chi connectivity index (χ2v) is 5.70. The number of methoxy groups -OCH3 is 1. The van der Waals surface area contributed by atoms with Crippen molar-refractivity contribution in [3.8, 4) is 0 Å². The molecule has 0 radical (unpaired) electrons. The van der Waals surface area contributed by atoms with Crippen LogP contribution in [0.25, 0.3) is 0 Å². The van der Waals surface area contributed by atoms with Gasteiger partial charge in [0.2, 0.25) is 0 Å². The molecule has 0 saturated carbocycles. The Morgan fingerprint density at radius 2 is 1.42 bits per heavy atom. The van der Waals surface area contributed by atoms with Crippen molar-refractivity contribution >= 4 is 11.6 Å². The highest BCUT2D eigenvalue weighted by Gasteiger charge is 2.42. The molecule has 3 aromatic carbocycles. The Kier molecular flexibility index (Phi) is 5.09. The Labute approximate surface area is 150 Å². The largest absolute Gasteiger partial charge is 0.359 e. The Bertz CT molecular complexity index is 859. The van der Waals surface area contributed by atoms with E-state index in [1.807, 2.05) is 12.1 Å². The van der Waals surface area contributed by atoms with E-state index in [0.29, 0.717) is 11.1 Å². The fourth-order valence-corrected chi connectivity index (χ4v) is 2.90. The van der Waals surface area contributed by atoms with Gasteiger partial charge in [0.1, 0.15) is 11.6 Å². The molecule has 3 aromatic rings. The molecule has 132 valence electrons. The summed E-state index contributed by atoms with van der Waals surface area (Å²) in [5.41, 5.74) is -0.421. The molecule has 3 rings (SSSR count). The van der Waals surface area contributed by atoms with Crippen molar-refractivity contribution in [2.45, 2.75) is 5.60 Å². The second-order valence-electron chi connectivity index (χ2n) is 5.70. The number of carbonyl (C=O) groups is 1. The maximum atomic E-state index is 14.0. The molecule has 5 heteroatoms. The summed E-state index contributed by atoms with van der Waals surface area (Å²) >= 11 is 0. The molecule has 0 aliphatic carbocycles. The van der Waals surface area contributed by atoms with Crippen molar-refractivity contribution in [1.29, 1.82) is 0 Å². The summed E-state index contributed by atoms with van der Waals surface area (Å²) in [5.74, 6) is -2.16. The predicted octanol–water partition coefficient (Wildman–Crippen LogP) is 4.49. The summed E-state index contributed by atoms with van der Waals surface area (Å²) in [6, 6.07) is 20.8. The van der Waals surface area contributed by atoms with Crippen LogP contribution in [0.1, 0.15) is 11.1 Å². The number of ether oxygens (including phenoxy) is 1. The highest BCUT2D eigenvalue weighted by molar-refractivity contribution is 6.00. The summed E-state index contributed by atoms with van der Waals surface area (Å²) in [6.45, 7) is 0. The van der Waals surface area contributed by atoms with Crippen LogP contribution in [0.2, 0.25) is 0 Å². The maximum absolute atomic E-state index is 14.0. The highest BCUT2D eigenvalue weighted by Crippen LogP contribution is 2.35. The number of rotatable bonds is 5. The zero-order valence-corrected chi connectivity index (χ0v) is 14.1. The summed E-state index contributed by atoms with van der Waals surface area (Å²) in [7, 11) is 1.42. The van der Waals surface area contributed by atoms with Gasteiger partial charge in [-0.25, -0.2) is 8.78 Å². The van der Waals surface area contributed by atoms with E-state index in [-0.39, 0.29) is 5.69 Å². The number of hydrogen-bond acceptors (Lipinski definition) is 2. The Morgan fingerprint density at radius 3 is 1.88 bits per heavy atom. The lowest BCUT2D eigenvalue weighted by Crippen LogP contribution is -2.43. The molecule has 1 N–H and O–H groups in total. The molecule has 0 aromatic heterocycles. The first-order chi connectivity index (χ1) is 12.6. The van der Waals surface area contributed by atoms with E-state index in [2.05, 4.69) is 5.32 Å². The fourth-order valence-electron chi connectivity index (χ4n) is 2.90. The quantitative estimate of drug-likeness (QED) is 0.734. The number of carbonyl (C=O) groups excluding carboxylic acids is 1. The van der Waals surface area contributed by atoms with Gasteiger partial charge in [-0.1, -0.05) is 60.7 Å². The van der Waals surface area contributed by atoms with Gasteiger partial charge >= 0.3 is 0 Å².